The van der Waals surface area contributed by atoms with Gasteiger partial charge in [0.2, 0.25) is 5.88 Å². The lowest BCUT2D eigenvalue weighted by atomic mass is 10.2. The number of ether oxygens (including phenoxy) is 1. The molecule has 1 aromatic heterocycles. The van der Waals surface area contributed by atoms with Gasteiger partial charge in [0, 0.05) is 5.56 Å². The Morgan fingerprint density at radius 3 is 2.48 bits per heavy atom. The minimum absolute atomic E-state index is 0.290. The van der Waals surface area contributed by atoms with Crippen molar-refractivity contribution in [2.24, 2.45) is 0 Å². The number of nitrogens with zero attached hydrogens (tertiary/aromatic N) is 1. The molecule has 5 heteroatoms. The smallest absolute Gasteiger partial charge is 0.254 e. The Morgan fingerprint density at radius 1 is 0.952 bits per heavy atom. The van der Waals surface area contributed by atoms with Crippen molar-refractivity contribution in [3.63, 3.8) is 0 Å². The zero-order valence-electron chi connectivity index (χ0n) is 11.0. The third-order valence-corrected chi connectivity index (χ3v) is 2.81. The molecule has 2 N–H and O–H groups in total. The van der Waals surface area contributed by atoms with Crippen LogP contribution in [0.1, 0.15) is 0 Å². The first kappa shape index (κ1) is 12.9. The van der Waals surface area contributed by atoms with Gasteiger partial charge in [0.15, 0.2) is 0 Å². The monoisotopic (exact) mass is 280 g/mol. The normalized spacial score (nSPS) is 10.3. The third-order valence-electron chi connectivity index (χ3n) is 2.81. The van der Waals surface area contributed by atoms with Gasteiger partial charge in [-0.3, -0.25) is 4.79 Å². The van der Waals surface area contributed by atoms with Crippen LogP contribution in [0.4, 0.5) is 0 Å². The van der Waals surface area contributed by atoms with Gasteiger partial charge in [0.25, 0.3) is 5.56 Å². The van der Waals surface area contributed by atoms with Crippen LogP contribution < -0.4 is 10.3 Å². The number of hydrogen-bond acceptors (Lipinski definition) is 4. The summed E-state index contributed by atoms with van der Waals surface area (Å²) in [6.07, 6.45) is 0. The van der Waals surface area contributed by atoms with Crippen LogP contribution in [0.3, 0.4) is 0 Å². The van der Waals surface area contributed by atoms with Crippen LogP contribution in [-0.2, 0) is 0 Å². The van der Waals surface area contributed by atoms with E-state index in [1.165, 1.54) is 0 Å². The maximum absolute atomic E-state index is 11.4. The first-order valence-corrected chi connectivity index (χ1v) is 6.34. The molecule has 0 bridgehead atoms. The van der Waals surface area contributed by atoms with E-state index in [-0.39, 0.29) is 5.88 Å². The summed E-state index contributed by atoms with van der Waals surface area (Å²) in [4.78, 5) is 17.8. The lowest BCUT2D eigenvalue weighted by Crippen LogP contribution is -2.06. The van der Waals surface area contributed by atoms with E-state index in [1.54, 1.807) is 24.3 Å². The highest BCUT2D eigenvalue weighted by Crippen LogP contribution is 2.25. The van der Waals surface area contributed by atoms with Gasteiger partial charge in [-0.05, 0) is 24.3 Å². The van der Waals surface area contributed by atoms with Crippen LogP contribution >= 0.6 is 0 Å². The van der Waals surface area contributed by atoms with Crippen molar-refractivity contribution in [1.29, 1.82) is 0 Å². The molecule has 0 atom stereocenters. The van der Waals surface area contributed by atoms with Crippen LogP contribution in [0.5, 0.6) is 17.4 Å². The highest BCUT2D eigenvalue weighted by atomic mass is 16.5. The van der Waals surface area contributed by atoms with Gasteiger partial charge in [0.1, 0.15) is 17.3 Å². The Labute approximate surface area is 120 Å². The van der Waals surface area contributed by atoms with E-state index in [2.05, 4.69) is 9.97 Å². The van der Waals surface area contributed by atoms with Gasteiger partial charge in [-0.1, -0.05) is 30.3 Å². The van der Waals surface area contributed by atoms with E-state index in [4.69, 9.17) is 4.74 Å². The summed E-state index contributed by atoms with van der Waals surface area (Å²) in [7, 11) is 0. The van der Waals surface area contributed by atoms with Gasteiger partial charge in [-0.15, -0.1) is 0 Å². The van der Waals surface area contributed by atoms with Gasteiger partial charge in [-0.25, -0.2) is 0 Å². The van der Waals surface area contributed by atoms with Gasteiger partial charge in [-0.2, -0.15) is 4.98 Å². The summed E-state index contributed by atoms with van der Waals surface area (Å²) >= 11 is 0. The highest BCUT2D eigenvalue weighted by Gasteiger charge is 2.05. The molecule has 0 fully saturated rings. The fourth-order valence-corrected chi connectivity index (χ4v) is 1.91. The number of aromatic hydroxyl groups is 1. The summed E-state index contributed by atoms with van der Waals surface area (Å²) in [6, 6.07) is 17.5. The molecule has 21 heavy (non-hydrogen) atoms. The van der Waals surface area contributed by atoms with E-state index in [0.29, 0.717) is 22.9 Å². The lowest BCUT2D eigenvalue weighted by molar-refractivity contribution is 0.452. The first-order valence-electron chi connectivity index (χ1n) is 6.34. The molecule has 0 aliphatic rings. The minimum atomic E-state index is -0.410. The molecule has 0 amide bonds. The second kappa shape index (κ2) is 5.50. The van der Waals surface area contributed by atoms with Crippen LogP contribution in [0.15, 0.2) is 65.5 Å². The molecule has 0 spiro atoms. The van der Waals surface area contributed by atoms with E-state index in [9.17, 15) is 9.90 Å². The SMILES string of the molecule is O=c1cc(O)nc(-c2cccc(Oc3ccccc3)c2)[nH]1. The average Bonchev–Trinajstić information content (AvgIpc) is 2.47. The summed E-state index contributed by atoms with van der Waals surface area (Å²) < 4.78 is 5.72. The van der Waals surface area contributed by atoms with E-state index >= 15 is 0 Å². The number of hydrogen-bond donors (Lipinski definition) is 2. The lowest BCUT2D eigenvalue weighted by Gasteiger charge is -2.07. The second-order valence-corrected chi connectivity index (χ2v) is 4.40. The van der Waals surface area contributed by atoms with Gasteiger partial charge in [0.05, 0.1) is 6.07 Å². The molecule has 0 radical (unpaired) electrons. The summed E-state index contributed by atoms with van der Waals surface area (Å²) in [5.74, 6) is 1.30. The van der Waals surface area contributed by atoms with Crippen LogP contribution in [0, 0.1) is 0 Å². The summed E-state index contributed by atoms with van der Waals surface area (Å²) in [5, 5.41) is 9.40. The van der Waals surface area contributed by atoms with Crippen molar-refractivity contribution in [3.05, 3.63) is 71.0 Å². The third kappa shape index (κ3) is 3.09. The topological polar surface area (TPSA) is 75.2 Å². The Kier molecular flexibility index (Phi) is 3.39. The first-order chi connectivity index (χ1) is 10.2. The molecule has 0 saturated carbocycles. The summed E-state index contributed by atoms with van der Waals surface area (Å²) in [5.41, 5.74) is 0.239. The number of H-pyrrole nitrogens is 1. The molecule has 5 nitrogen and oxygen atoms in total. The van der Waals surface area contributed by atoms with E-state index in [1.807, 2.05) is 30.3 Å². The predicted molar refractivity (Wildman–Crippen MR) is 78.5 cm³/mol. The molecule has 0 unspecified atom stereocenters. The summed E-state index contributed by atoms with van der Waals surface area (Å²) in [6.45, 7) is 0. The fraction of sp³-hybridized carbons (Fsp3) is 0. The highest BCUT2D eigenvalue weighted by molar-refractivity contribution is 5.58. The molecule has 3 rings (SSSR count). The van der Waals surface area contributed by atoms with Crippen LogP contribution in [-0.4, -0.2) is 15.1 Å². The molecule has 1 heterocycles. The molecule has 0 saturated heterocycles. The average molecular weight is 280 g/mol. The number of benzene rings is 2. The zero-order chi connectivity index (χ0) is 14.7. The second-order valence-electron chi connectivity index (χ2n) is 4.40. The van der Waals surface area contributed by atoms with Crippen molar-refractivity contribution in [2.45, 2.75) is 0 Å². The van der Waals surface area contributed by atoms with Crippen molar-refractivity contribution < 1.29 is 9.84 Å². The van der Waals surface area contributed by atoms with Crippen molar-refractivity contribution in [1.82, 2.24) is 9.97 Å². The largest absolute Gasteiger partial charge is 0.493 e. The predicted octanol–water partition coefficient (Wildman–Crippen LogP) is 2.93. The molecular weight excluding hydrogens is 268 g/mol. The fourth-order valence-electron chi connectivity index (χ4n) is 1.91. The molecule has 0 aliphatic carbocycles. The Bertz CT molecular complexity index is 813. The number of para-hydroxylation sites is 1. The zero-order valence-corrected chi connectivity index (χ0v) is 11.0. The standard InChI is InChI=1S/C16H12N2O3/c19-14-10-15(20)18-16(17-14)11-5-4-8-13(9-11)21-12-6-2-1-3-7-12/h1-10H,(H2,17,18,19,20). The number of aromatic nitrogens is 2. The maximum Gasteiger partial charge on any atom is 0.254 e. The molecule has 0 aliphatic heterocycles. The van der Waals surface area contributed by atoms with Crippen molar-refractivity contribution >= 4 is 0 Å². The van der Waals surface area contributed by atoms with Gasteiger partial charge >= 0.3 is 0 Å². The number of aromatic amines is 1. The molecule has 2 aromatic carbocycles. The van der Waals surface area contributed by atoms with E-state index in [0.717, 1.165) is 6.07 Å². The minimum Gasteiger partial charge on any atom is -0.493 e. The number of rotatable bonds is 3. The van der Waals surface area contributed by atoms with Crippen molar-refractivity contribution in [2.75, 3.05) is 0 Å². The van der Waals surface area contributed by atoms with Crippen molar-refractivity contribution in [3.8, 4) is 28.8 Å². The Balaban J connectivity index is 1.94. The molecule has 3 aromatic rings. The Hall–Kier alpha value is -3.08. The van der Waals surface area contributed by atoms with Crippen LogP contribution in [0.25, 0.3) is 11.4 Å². The number of nitrogens with one attached hydrogen (secondary N) is 1. The van der Waals surface area contributed by atoms with Crippen LogP contribution in [0.2, 0.25) is 0 Å². The maximum atomic E-state index is 11.4. The molecule has 104 valence electrons. The Morgan fingerprint density at radius 2 is 1.71 bits per heavy atom. The van der Waals surface area contributed by atoms with E-state index < -0.39 is 5.56 Å². The quantitative estimate of drug-likeness (QED) is 0.773. The molecular formula is C16H12N2O3. The van der Waals surface area contributed by atoms with Gasteiger partial charge < -0.3 is 14.8 Å².